The average molecular weight is 393 g/mol. The second-order valence-corrected chi connectivity index (χ2v) is 7.14. The third-order valence-corrected chi connectivity index (χ3v) is 4.92. The van der Waals surface area contributed by atoms with Gasteiger partial charge in [0.05, 0.1) is 0 Å². The molecule has 0 fully saturated rings. The molecule has 0 bridgehead atoms. The zero-order valence-electron chi connectivity index (χ0n) is 13.2. The van der Waals surface area contributed by atoms with Crippen LogP contribution in [0, 0.1) is 0 Å². The van der Waals surface area contributed by atoms with Crippen LogP contribution in [0.1, 0.15) is 10.4 Å². The third kappa shape index (κ3) is 4.10. The van der Waals surface area contributed by atoms with Crippen molar-refractivity contribution in [2.45, 2.75) is 9.92 Å². The van der Waals surface area contributed by atoms with E-state index in [9.17, 15) is 4.79 Å². The van der Waals surface area contributed by atoms with Crippen LogP contribution in [0.15, 0.2) is 58.5 Å². The number of aromatic nitrogens is 2. The number of hydrogen-bond donors (Lipinski definition) is 2. The minimum atomic E-state index is -0.283. The largest absolute Gasteiger partial charge is 0.382 e. The highest BCUT2D eigenvalue weighted by Crippen LogP contribution is 2.36. The van der Waals surface area contributed by atoms with Gasteiger partial charge in [-0.25, -0.2) is 0 Å². The summed E-state index contributed by atoms with van der Waals surface area (Å²) in [6.45, 7) is 0. The fraction of sp³-hybridized carbons (Fsp3) is 0.0588. The molecule has 8 heteroatoms. The maximum Gasteiger partial charge on any atom is 0.255 e. The first-order valence-corrected chi connectivity index (χ1v) is 8.84. The van der Waals surface area contributed by atoms with Crippen molar-refractivity contribution in [2.24, 2.45) is 7.05 Å². The molecule has 0 radical (unpaired) electrons. The zero-order chi connectivity index (χ0) is 18.0. The zero-order valence-corrected chi connectivity index (χ0v) is 15.5. The highest BCUT2D eigenvalue weighted by Gasteiger charge is 2.18. The van der Waals surface area contributed by atoms with Gasteiger partial charge < -0.3 is 11.1 Å². The van der Waals surface area contributed by atoms with Gasteiger partial charge in [-0.3, -0.25) is 9.48 Å². The number of benzene rings is 2. The van der Waals surface area contributed by atoms with Crippen LogP contribution in [-0.4, -0.2) is 15.7 Å². The lowest BCUT2D eigenvalue weighted by molar-refractivity contribution is 0.102. The minimum Gasteiger partial charge on any atom is -0.382 e. The van der Waals surface area contributed by atoms with Crippen LogP contribution in [-0.2, 0) is 7.05 Å². The Morgan fingerprint density at radius 1 is 1.08 bits per heavy atom. The maximum atomic E-state index is 12.5. The van der Waals surface area contributed by atoms with E-state index in [2.05, 4.69) is 10.4 Å². The second kappa shape index (κ2) is 7.39. The smallest absolute Gasteiger partial charge is 0.255 e. The molecule has 2 aromatic carbocycles. The number of anilines is 2. The van der Waals surface area contributed by atoms with Gasteiger partial charge in [0.2, 0.25) is 0 Å². The molecule has 0 aliphatic rings. The van der Waals surface area contributed by atoms with Crippen LogP contribution in [0.25, 0.3) is 0 Å². The number of carbonyl (C=O) groups is 1. The molecule has 1 amide bonds. The molecule has 0 aliphatic heterocycles. The highest BCUT2D eigenvalue weighted by molar-refractivity contribution is 7.99. The number of carbonyl (C=O) groups excluding carboxylic acids is 1. The Labute approximate surface area is 159 Å². The molecule has 1 heterocycles. The summed E-state index contributed by atoms with van der Waals surface area (Å²) in [5, 5.41) is 9.03. The van der Waals surface area contributed by atoms with Crippen LogP contribution < -0.4 is 11.1 Å². The molecule has 3 N–H and O–H groups in total. The Kier molecular flexibility index (Phi) is 5.22. The fourth-order valence-corrected chi connectivity index (χ4v) is 3.27. The predicted octanol–water partition coefficient (Wildman–Crippen LogP) is 4.71. The normalized spacial score (nSPS) is 10.7. The van der Waals surface area contributed by atoms with Gasteiger partial charge in [-0.15, -0.1) is 0 Å². The van der Waals surface area contributed by atoms with E-state index in [0.717, 1.165) is 4.90 Å². The predicted molar refractivity (Wildman–Crippen MR) is 103 cm³/mol. The van der Waals surface area contributed by atoms with E-state index in [4.69, 9.17) is 28.9 Å². The van der Waals surface area contributed by atoms with E-state index in [1.165, 1.54) is 16.4 Å². The van der Waals surface area contributed by atoms with E-state index < -0.39 is 0 Å². The molecule has 0 spiro atoms. The summed E-state index contributed by atoms with van der Waals surface area (Å²) in [7, 11) is 1.72. The molecular weight excluding hydrogens is 379 g/mol. The summed E-state index contributed by atoms with van der Waals surface area (Å²) in [6.07, 6.45) is 0. The number of nitrogen functional groups attached to an aromatic ring is 1. The maximum absolute atomic E-state index is 12.5. The number of nitrogens with one attached hydrogen (secondary N) is 1. The van der Waals surface area contributed by atoms with Crippen molar-refractivity contribution in [1.82, 2.24) is 9.78 Å². The van der Waals surface area contributed by atoms with Crippen LogP contribution in [0.5, 0.6) is 0 Å². The molecular formula is C17H14Cl2N4OS. The van der Waals surface area contributed by atoms with E-state index in [0.29, 0.717) is 32.1 Å². The monoisotopic (exact) mass is 392 g/mol. The standard InChI is InChI=1S/C17H14Cl2N4OS/c1-23-15(20)14(21-16(24)10-2-4-11(18)5-3-10)17(22-23)25-13-8-6-12(19)7-9-13/h2-9H,20H2,1H3,(H,21,24). The van der Waals surface area contributed by atoms with Crippen molar-refractivity contribution in [1.29, 1.82) is 0 Å². The number of nitrogens with two attached hydrogens (primary N) is 1. The Balaban J connectivity index is 1.86. The van der Waals surface area contributed by atoms with Gasteiger partial charge in [-0.1, -0.05) is 35.0 Å². The fourth-order valence-electron chi connectivity index (χ4n) is 2.10. The quantitative estimate of drug-likeness (QED) is 0.673. The van der Waals surface area contributed by atoms with E-state index >= 15 is 0 Å². The van der Waals surface area contributed by atoms with Gasteiger partial charge in [0.1, 0.15) is 16.5 Å². The van der Waals surface area contributed by atoms with Crippen molar-refractivity contribution >= 4 is 52.4 Å². The van der Waals surface area contributed by atoms with Gasteiger partial charge in [-0.2, -0.15) is 5.10 Å². The molecule has 0 atom stereocenters. The molecule has 0 unspecified atom stereocenters. The lowest BCUT2D eigenvalue weighted by Crippen LogP contribution is -2.13. The summed E-state index contributed by atoms with van der Waals surface area (Å²) in [5.41, 5.74) is 7.02. The molecule has 1 aromatic heterocycles. The molecule has 0 aliphatic carbocycles. The van der Waals surface area contributed by atoms with Gasteiger partial charge in [-0.05, 0) is 48.5 Å². The molecule has 128 valence electrons. The van der Waals surface area contributed by atoms with Crippen molar-refractivity contribution in [3.8, 4) is 0 Å². The first kappa shape index (κ1) is 17.7. The molecule has 3 aromatic rings. The van der Waals surface area contributed by atoms with Crippen molar-refractivity contribution in [3.05, 3.63) is 64.1 Å². The molecule has 0 saturated carbocycles. The Hall–Kier alpha value is -2.15. The van der Waals surface area contributed by atoms with Gasteiger partial charge in [0.15, 0.2) is 0 Å². The number of hydrogen-bond acceptors (Lipinski definition) is 4. The second-order valence-electron chi connectivity index (χ2n) is 5.21. The summed E-state index contributed by atoms with van der Waals surface area (Å²) in [6, 6.07) is 14.0. The average Bonchev–Trinajstić information content (AvgIpc) is 2.85. The molecule has 3 rings (SSSR count). The minimum absolute atomic E-state index is 0.283. The highest BCUT2D eigenvalue weighted by atomic mass is 35.5. The number of rotatable bonds is 4. The van der Waals surface area contributed by atoms with Crippen LogP contribution in [0.3, 0.4) is 0 Å². The first-order valence-electron chi connectivity index (χ1n) is 7.27. The summed E-state index contributed by atoms with van der Waals surface area (Å²) < 4.78 is 1.52. The van der Waals surface area contributed by atoms with Gasteiger partial charge in [0.25, 0.3) is 5.91 Å². The third-order valence-electron chi connectivity index (χ3n) is 3.43. The first-order chi connectivity index (χ1) is 11.9. The molecule has 5 nitrogen and oxygen atoms in total. The van der Waals surface area contributed by atoms with Crippen LogP contribution >= 0.6 is 35.0 Å². The van der Waals surface area contributed by atoms with Crippen molar-refractivity contribution in [2.75, 3.05) is 11.1 Å². The lowest BCUT2D eigenvalue weighted by atomic mass is 10.2. The SMILES string of the molecule is Cn1nc(Sc2ccc(Cl)cc2)c(NC(=O)c2ccc(Cl)cc2)c1N. The Morgan fingerprint density at radius 2 is 1.64 bits per heavy atom. The number of aryl methyl sites for hydroxylation is 1. The molecule has 25 heavy (non-hydrogen) atoms. The van der Waals surface area contributed by atoms with Crippen LogP contribution in [0.4, 0.5) is 11.5 Å². The van der Waals surface area contributed by atoms with Gasteiger partial charge in [0, 0.05) is 27.6 Å². The van der Waals surface area contributed by atoms with E-state index in [-0.39, 0.29) is 5.91 Å². The summed E-state index contributed by atoms with van der Waals surface area (Å²) in [4.78, 5) is 13.4. The van der Waals surface area contributed by atoms with Crippen LogP contribution in [0.2, 0.25) is 10.0 Å². The Morgan fingerprint density at radius 3 is 2.24 bits per heavy atom. The van der Waals surface area contributed by atoms with E-state index in [1.54, 1.807) is 43.4 Å². The van der Waals surface area contributed by atoms with Gasteiger partial charge >= 0.3 is 0 Å². The topological polar surface area (TPSA) is 72.9 Å². The number of halogens is 2. The number of amides is 1. The number of nitrogens with zero attached hydrogens (tertiary/aromatic N) is 2. The van der Waals surface area contributed by atoms with Crippen molar-refractivity contribution in [3.63, 3.8) is 0 Å². The molecule has 0 saturated heterocycles. The van der Waals surface area contributed by atoms with E-state index in [1.807, 2.05) is 12.1 Å². The van der Waals surface area contributed by atoms with Crippen molar-refractivity contribution < 1.29 is 4.79 Å². The summed E-state index contributed by atoms with van der Waals surface area (Å²) >= 11 is 13.2. The lowest BCUT2D eigenvalue weighted by Gasteiger charge is -2.07. The summed E-state index contributed by atoms with van der Waals surface area (Å²) in [5.74, 6) is 0.0908. The Bertz CT molecular complexity index is 908.